The minimum atomic E-state index is -0.475. The Kier molecular flexibility index (Phi) is 38.4. The van der Waals surface area contributed by atoms with Gasteiger partial charge in [-0.2, -0.15) is 0 Å². The lowest BCUT2D eigenvalue weighted by atomic mass is 9.84. The Morgan fingerprint density at radius 2 is 0.637 bits per heavy atom. The monoisotopic (exact) mass is 1110 g/mol. The first-order valence-corrected chi connectivity index (χ1v) is 28.9. The fourth-order valence-corrected chi connectivity index (χ4v) is 9.52. The Balaban J connectivity index is 0. The molecule has 5 aromatic carbocycles. The van der Waals surface area contributed by atoms with Crippen LogP contribution in [-0.2, 0) is 0 Å². The van der Waals surface area contributed by atoms with Crippen molar-refractivity contribution in [3.8, 4) is 0 Å². The van der Waals surface area contributed by atoms with Gasteiger partial charge >= 0.3 is 0 Å². The van der Waals surface area contributed by atoms with Gasteiger partial charge < -0.3 is 4.42 Å². The van der Waals surface area contributed by atoms with Crippen LogP contribution in [0.5, 0.6) is 0 Å². The van der Waals surface area contributed by atoms with Crippen LogP contribution in [0.4, 0.5) is 22.0 Å². The molecule has 10 rings (SSSR count). The summed E-state index contributed by atoms with van der Waals surface area (Å²) in [6.07, 6.45) is 24.1. The standard InChI is InChI=1S/C14H10F2O.C8H8F2.C8H9F.3C8H16.C8H14.C8H10.4CH4/c1-7-3-5-9-10-6-4-8(2)12(16)14(10)17-13(9)11(7)15;1-5-3-7(9)6(2)8(10)4-5;1-6-3-4-7(2)8(9)5-6;5*1-7-3-5-8(2)6-4-7;;;;/h3-6H,1-2H3;3-4H,1-2H3;3-5H,1-2H3;3*7-8H,3-6H2,1-2H3;3,8H,4-6H2,1-2H3;3-6H,1-2H3;4*1H4. The van der Waals surface area contributed by atoms with Crippen LogP contribution >= 0.6 is 0 Å². The van der Waals surface area contributed by atoms with Crippen molar-refractivity contribution in [3.05, 3.63) is 164 Å². The smallest absolute Gasteiger partial charge is 0.171 e. The molecular formula is C74H115F5O. The summed E-state index contributed by atoms with van der Waals surface area (Å²) >= 11 is 0. The van der Waals surface area contributed by atoms with Crippen LogP contribution in [-0.4, -0.2) is 0 Å². The van der Waals surface area contributed by atoms with E-state index in [1.807, 2.05) is 13.0 Å². The number of aryl methyl sites for hydroxylation is 7. The van der Waals surface area contributed by atoms with Gasteiger partial charge in [-0.25, -0.2) is 22.0 Å². The average molecular weight is 1120 g/mol. The highest BCUT2D eigenvalue weighted by Gasteiger charge is 2.18. The quantitative estimate of drug-likeness (QED) is 0.109. The number of allylic oxidation sites excluding steroid dienone is 2. The van der Waals surface area contributed by atoms with Gasteiger partial charge in [0.25, 0.3) is 0 Å². The van der Waals surface area contributed by atoms with Gasteiger partial charge in [-0.3, -0.25) is 0 Å². The Morgan fingerprint density at radius 1 is 0.338 bits per heavy atom. The third kappa shape index (κ3) is 28.3. The molecule has 0 saturated heterocycles. The zero-order valence-corrected chi connectivity index (χ0v) is 50.0. The van der Waals surface area contributed by atoms with Gasteiger partial charge in [-0.05, 0) is 169 Å². The van der Waals surface area contributed by atoms with E-state index in [0.29, 0.717) is 33.0 Å². The lowest BCUT2D eigenvalue weighted by molar-refractivity contribution is 0.308. The van der Waals surface area contributed by atoms with E-state index in [1.54, 1.807) is 63.6 Å². The summed E-state index contributed by atoms with van der Waals surface area (Å²) in [4.78, 5) is 0. The average Bonchev–Trinajstić information content (AvgIpc) is 3.78. The molecule has 1 nitrogen and oxygen atoms in total. The molecule has 452 valence electrons. The molecule has 0 bridgehead atoms. The fraction of sp³-hybridized carbons (Fsp3) is 0.568. The van der Waals surface area contributed by atoms with Crippen molar-refractivity contribution in [2.45, 2.75) is 237 Å². The van der Waals surface area contributed by atoms with Gasteiger partial charge in [-0.1, -0.05) is 239 Å². The maximum absolute atomic E-state index is 13.9. The summed E-state index contributed by atoms with van der Waals surface area (Å²) in [5.41, 5.74) is 7.87. The third-order valence-electron chi connectivity index (χ3n) is 15.9. The molecule has 6 aromatic rings. The van der Waals surface area contributed by atoms with E-state index in [0.717, 1.165) is 47.0 Å². The molecule has 4 aliphatic rings. The van der Waals surface area contributed by atoms with Gasteiger partial charge in [0.2, 0.25) is 0 Å². The Bertz CT molecular complexity index is 2450. The largest absolute Gasteiger partial charge is 0.450 e. The maximum atomic E-state index is 13.9. The van der Waals surface area contributed by atoms with Crippen LogP contribution in [0.15, 0.2) is 94.9 Å². The molecule has 0 aliphatic heterocycles. The summed E-state index contributed by atoms with van der Waals surface area (Å²) in [6, 6.07) is 23.2. The summed E-state index contributed by atoms with van der Waals surface area (Å²) in [7, 11) is 0. The number of benzene rings is 5. The van der Waals surface area contributed by atoms with E-state index < -0.39 is 23.3 Å². The summed E-state index contributed by atoms with van der Waals surface area (Å²) in [5, 5.41) is 1.23. The molecule has 1 heterocycles. The van der Waals surface area contributed by atoms with E-state index in [2.05, 4.69) is 99.6 Å². The van der Waals surface area contributed by atoms with Crippen LogP contribution in [0, 0.1) is 126 Å². The number of fused-ring (bicyclic) bond motifs is 3. The maximum Gasteiger partial charge on any atom is 0.171 e. The highest BCUT2D eigenvalue weighted by molar-refractivity contribution is 6.05. The van der Waals surface area contributed by atoms with Crippen molar-refractivity contribution < 1.29 is 26.4 Å². The molecule has 0 amide bonds. The van der Waals surface area contributed by atoms with E-state index >= 15 is 0 Å². The minimum absolute atomic E-state index is 0. The molecule has 1 aromatic heterocycles. The molecule has 80 heavy (non-hydrogen) atoms. The summed E-state index contributed by atoms with van der Waals surface area (Å²) in [6.45, 7) is 33.0. The molecule has 4 aliphatic carbocycles. The van der Waals surface area contributed by atoms with E-state index in [4.69, 9.17) is 4.42 Å². The predicted octanol–water partition coefficient (Wildman–Crippen LogP) is 25.6. The second-order valence-corrected chi connectivity index (χ2v) is 24.0. The zero-order valence-electron chi connectivity index (χ0n) is 50.0. The molecule has 1 unspecified atom stereocenters. The van der Waals surface area contributed by atoms with Crippen LogP contribution in [0.25, 0.3) is 21.9 Å². The summed E-state index contributed by atoms with van der Waals surface area (Å²) < 4.78 is 70.8. The van der Waals surface area contributed by atoms with E-state index in [9.17, 15) is 22.0 Å². The van der Waals surface area contributed by atoms with Crippen LogP contribution < -0.4 is 0 Å². The molecule has 0 N–H and O–H groups in total. The number of furan rings is 1. The first-order valence-electron chi connectivity index (χ1n) is 28.9. The van der Waals surface area contributed by atoms with Crippen molar-refractivity contribution in [2.75, 3.05) is 0 Å². The van der Waals surface area contributed by atoms with Crippen LogP contribution in [0.1, 0.15) is 226 Å². The van der Waals surface area contributed by atoms with Crippen molar-refractivity contribution >= 4 is 21.9 Å². The molecule has 1 atom stereocenters. The van der Waals surface area contributed by atoms with Crippen molar-refractivity contribution in [3.63, 3.8) is 0 Å². The topological polar surface area (TPSA) is 13.1 Å². The Hall–Kier alpha value is -4.71. The molecule has 6 heteroatoms. The van der Waals surface area contributed by atoms with Gasteiger partial charge in [-0.15, -0.1) is 0 Å². The van der Waals surface area contributed by atoms with E-state index in [-0.39, 0.29) is 52.3 Å². The lowest BCUT2D eigenvalue weighted by Gasteiger charge is -2.22. The van der Waals surface area contributed by atoms with Crippen LogP contribution in [0.2, 0.25) is 0 Å². The lowest BCUT2D eigenvalue weighted by Crippen LogP contribution is -2.08. The molecule has 3 saturated carbocycles. The second-order valence-electron chi connectivity index (χ2n) is 24.0. The third-order valence-corrected chi connectivity index (χ3v) is 15.9. The highest BCUT2D eigenvalue weighted by atomic mass is 19.1. The van der Waals surface area contributed by atoms with Gasteiger partial charge in [0.15, 0.2) is 22.8 Å². The molecule has 0 radical (unpaired) electrons. The van der Waals surface area contributed by atoms with Crippen molar-refractivity contribution in [1.29, 1.82) is 0 Å². The highest BCUT2D eigenvalue weighted by Crippen LogP contribution is 2.34. The molecule has 3 fully saturated rings. The number of rotatable bonds is 0. The molecular weight excluding hydrogens is 1000 g/mol. The van der Waals surface area contributed by atoms with Gasteiger partial charge in [0.05, 0.1) is 0 Å². The van der Waals surface area contributed by atoms with E-state index in [1.165, 1.54) is 133 Å². The van der Waals surface area contributed by atoms with Crippen molar-refractivity contribution in [2.24, 2.45) is 41.4 Å². The SMILES string of the molecule is C.C.C.C.CC1=CCC(C)CC1.CC1CCC(C)CC1.CC1CCC(C)CC1.CC1CCC(C)CC1.Cc1cc(F)c(C)c(F)c1.Cc1ccc(C)c(F)c1.Cc1ccc(C)cc1.Cc1ccc2c(oc3c(F)c(C)ccc32)c1F. The second kappa shape index (κ2) is 39.7. The normalized spacial score (nSPS) is 20.6. The first kappa shape index (κ1) is 77.4. The van der Waals surface area contributed by atoms with Gasteiger partial charge in [0.1, 0.15) is 17.5 Å². The zero-order chi connectivity index (χ0) is 56.6. The summed E-state index contributed by atoms with van der Waals surface area (Å²) in [5.74, 6) is 5.16. The number of halogens is 5. The van der Waals surface area contributed by atoms with Crippen LogP contribution in [0.3, 0.4) is 0 Å². The number of hydrogen-bond acceptors (Lipinski definition) is 1. The van der Waals surface area contributed by atoms with Crippen molar-refractivity contribution in [1.82, 2.24) is 0 Å². The number of hydrogen-bond donors (Lipinski definition) is 0. The fourth-order valence-electron chi connectivity index (χ4n) is 9.52. The Labute approximate surface area is 488 Å². The van der Waals surface area contributed by atoms with Gasteiger partial charge in [0, 0.05) is 16.3 Å². The first-order chi connectivity index (χ1) is 35.8. The predicted molar refractivity (Wildman–Crippen MR) is 345 cm³/mol. The molecule has 0 spiro atoms. The minimum Gasteiger partial charge on any atom is -0.450 e. The Morgan fingerprint density at radius 3 is 0.912 bits per heavy atom.